The highest BCUT2D eigenvalue weighted by molar-refractivity contribution is 9.10. The predicted octanol–water partition coefficient (Wildman–Crippen LogP) is 5.80. The van der Waals surface area contributed by atoms with Gasteiger partial charge in [-0.1, -0.05) is 24.3 Å². The number of rotatable bonds is 9. The number of methoxy groups -OCH3 is 2. The average Bonchev–Trinajstić information content (AvgIpc) is 2.89. The molecule has 0 radical (unpaired) electrons. The van der Waals surface area contributed by atoms with Gasteiger partial charge >= 0.3 is 5.97 Å². The predicted molar refractivity (Wildman–Crippen MR) is 148 cm³/mol. The third-order valence-electron chi connectivity index (χ3n) is 6.90. The van der Waals surface area contributed by atoms with Crippen molar-refractivity contribution in [3.8, 4) is 11.5 Å². The molecule has 1 heterocycles. The molecule has 4 rings (SSSR count). The number of para-hydroxylation sites is 1. The zero-order chi connectivity index (χ0) is 27.4. The Morgan fingerprint density at radius 3 is 2.47 bits per heavy atom. The van der Waals surface area contributed by atoms with E-state index < -0.39 is 11.9 Å². The number of carbonyl (C=O) groups excluding carboxylic acids is 2. The SMILES string of the molecule is COc1ccc([C@@H]2C(C(=O)OCCOC(C)C)=C(C)NC3=C2C(=O)C[C@@H](c2ccccc2OC)C3)cc1Br. The van der Waals surface area contributed by atoms with Gasteiger partial charge in [0.2, 0.25) is 0 Å². The van der Waals surface area contributed by atoms with Gasteiger partial charge in [0, 0.05) is 35.2 Å². The molecule has 0 saturated carbocycles. The van der Waals surface area contributed by atoms with Crippen LogP contribution in [0, 0.1) is 0 Å². The van der Waals surface area contributed by atoms with E-state index in [0.29, 0.717) is 42.0 Å². The Labute approximate surface area is 232 Å². The molecule has 7 nitrogen and oxygen atoms in total. The number of ketones is 1. The average molecular weight is 585 g/mol. The summed E-state index contributed by atoms with van der Waals surface area (Å²) in [7, 11) is 3.24. The van der Waals surface area contributed by atoms with E-state index >= 15 is 0 Å². The standard InChI is InChI=1S/C30H34BrNO6/c1-17(2)37-12-13-38-30(34)27-18(3)32-23-15-20(21-8-6-7-9-25(21)35-4)16-24(33)29(23)28(27)19-10-11-26(36-5)22(31)14-19/h6-11,14,17,20,28,32H,12-13,15-16H2,1-5H3/t20-,28+/m0/s1. The molecule has 2 atom stereocenters. The maximum atomic E-state index is 13.8. The van der Waals surface area contributed by atoms with Crippen molar-refractivity contribution in [2.75, 3.05) is 27.4 Å². The Hall–Kier alpha value is -3.10. The van der Waals surface area contributed by atoms with Crippen LogP contribution in [0.5, 0.6) is 11.5 Å². The summed E-state index contributed by atoms with van der Waals surface area (Å²) >= 11 is 3.57. The Balaban J connectivity index is 1.73. The highest BCUT2D eigenvalue weighted by atomic mass is 79.9. The van der Waals surface area contributed by atoms with E-state index in [2.05, 4.69) is 21.2 Å². The van der Waals surface area contributed by atoms with Gasteiger partial charge in [0.15, 0.2) is 5.78 Å². The molecule has 0 amide bonds. The van der Waals surface area contributed by atoms with Crippen LogP contribution in [0.1, 0.15) is 56.6 Å². The van der Waals surface area contributed by atoms with Crippen LogP contribution in [-0.4, -0.2) is 45.3 Å². The summed E-state index contributed by atoms with van der Waals surface area (Å²) in [5.74, 6) is 0.346. The van der Waals surface area contributed by atoms with Gasteiger partial charge in [0.25, 0.3) is 0 Å². The molecule has 1 aliphatic heterocycles. The number of carbonyl (C=O) groups is 2. The van der Waals surface area contributed by atoms with Crippen molar-refractivity contribution in [2.45, 2.75) is 51.6 Å². The molecule has 0 aromatic heterocycles. The molecular weight excluding hydrogens is 550 g/mol. The van der Waals surface area contributed by atoms with Gasteiger partial charge in [0.1, 0.15) is 18.1 Å². The first-order valence-electron chi connectivity index (χ1n) is 12.7. The van der Waals surface area contributed by atoms with Crippen molar-refractivity contribution in [1.29, 1.82) is 0 Å². The van der Waals surface area contributed by atoms with Crippen molar-refractivity contribution in [3.63, 3.8) is 0 Å². The number of esters is 1. The van der Waals surface area contributed by atoms with Crippen molar-refractivity contribution in [2.24, 2.45) is 0 Å². The summed E-state index contributed by atoms with van der Waals surface area (Å²) in [6.45, 7) is 6.14. The van der Waals surface area contributed by atoms with Gasteiger partial charge in [-0.25, -0.2) is 4.79 Å². The fourth-order valence-corrected chi connectivity index (χ4v) is 5.78. The lowest BCUT2D eigenvalue weighted by Crippen LogP contribution is -2.36. The first-order chi connectivity index (χ1) is 18.2. The summed E-state index contributed by atoms with van der Waals surface area (Å²) in [5.41, 5.74) is 4.33. The summed E-state index contributed by atoms with van der Waals surface area (Å²) in [4.78, 5) is 27.3. The first-order valence-corrected chi connectivity index (χ1v) is 13.5. The maximum Gasteiger partial charge on any atom is 0.336 e. The Morgan fingerprint density at radius 1 is 1.05 bits per heavy atom. The molecule has 1 N–H and O–H groups in total. The third kappa shape index (κ3) is 5.81. The lowest BCUT2D eigenvalue weighted by Gasteiger charge is -2.37. The van der Waals surface area contributed by atoms with E-state index in [1.165, 1.54) is 0 Å². The van der Waals surface area contributed by atoms with Crippen molar-refractivity contribution in [1.82, 2.24) is 5.32 Å². The van der Waals surface area contributed by atoms with Crippen LogP contribution in [0.3, 0.4) is 0 Å². The van der Waals surface area contributed by atoms with Crippen molar-refractivity contribution < 1.29 is 28.5 Å². The van der Waals surface area contributed by atoms with Crippen LogP contribution in [-0.2, 0) is 19.1 Å². The maximum absolute atomic E-state index is 13.8. The molecule has 0 fully saturated rings. The summed E-state index contributed by atoms with van der Waals surface area (Å²) < 4.78 is 22.9. The number of hydrogen-bond acceptors (Lipinski definition) is 7. The van der Waals surface area contributed by atoms with E-state index in [1.54, 1.807) is 14.2 Å². The second kappa shape index (κ2) is 12.2. The van der Waals surface area contributed by atoms with Crippen molar-refractivity contribution in [3.05, 3.63) is 80.6 Å². The molecule has 0 bridgehead atoms. The monoisotopic (exact) mass is 583 g/mol. The van der Waals surface area contributed by atoms with E-state index in [0.717, 1.165) is 27.0 Å². The number of hydrogen-bond donors (Lipinski definition) is 1. The Bertz CT molecular complexity index is 1280. The Morgan fingerprint density at radius 2 is 1.79 bits per heavy atom. The number of Topliss-reactive ketones (excluding diaryl/α,β-unsaturated/α-hetero) is 1. The van der Waals surface area contributed by atoms with Crippen LogP contribution in [0.15, 0.2) is 69.5 Å². The molecule has 202 valence electrons. The molecular formula is C30H34BrNO6. The van der Waals surface area contributed by atoms with Crippen LogP contribution in [0.25, 0.3) is 0 Å². The number of halogens is 1. The minimum Gasteiger partial charge on any atom is -0.496 e. The molecule has 8 heteroatoms. The fraction of sp³-hybridized carbons (Fsp3) is 0.400. The van der Waals surface area contributed by atoms with Gasteiger partial charge in [-0.3, -0.25) is 4.79 Å². The molecule has 2 aliphatic rings. The van der Waals surface area contributed by atoms with E-state index in [-0.39, 0.29) is 24.4 Å². The lowest BCUT2D eigenvalue weighted by atomic mass is 9.71. The van der Waals surface area contributed by atoms with Crippen molar-refractivity contribution >= 4 is 27.7 Å². The van der Waals surface area contributed by atoms with E-state index in [1.807, 2.05) is 63.2 Å². The van der Waals surface area contributed by atoms with Gasteiger partial charge in [-0.15, -0.1) is 0 Å². The van der Waals surface area contributed by atoms with Crippen LogP contribution >= 0.6 is 15.9 Å². The highest BCUT2D eigenvalue weighted by Crippen LogP contribution is 2.47. The van der Waals surface area contributed by atoms with E-state index in [4.69, 9.17) is 18.9 Å². The van der Waals surface area contributed by atoms with Crippen LogP contribution in [0.2, 0.25) is 0 Å². The van der Waals surface area contributed by atoms with Crippen LogP contribution < -0.4 is 14.8 Å². The summed E-state index contributed by atoms with van der Waals surface area (Å²) in [5, 5.41) is 3.39. The molecule has 0 saturated heterocycles. The van der Waals surface area contributed by atoms with E-state index in [9.17, 15) is 9.59 Å². The zero-order valence-electron chi connectivity index (χ0n) is 22.4. The Kier molecular flexibility index (Phi) is 8.95. The third-order valence-corrected chi connectivity index (χ3v) is 7.52. The smallest absolute Gasteiger partial charge is 0.336 e. The zero-order valence-corrected chi connectivity index (χ0v) is 24.0. The topological polar surface area (TPSA) is 83.1 Å². The largest absolute Gasteiger partial charge is 0.496 e. The first kappa shape index (κ1) is 27.9. The quantitative estimate of drug-likeness (QED) is 0.295. The number of dihydropyridines is 1. The molecule has 38 heavy (non-hydrogen) atoms. The minimum absolute atomic E-state index is 0.00691. The molecule has 0 unspecified atom stereocenters. The number of ether oxygens (including phenoxy) is 4. The molecule has 0 spiro atoms. The molecule has 2 aromatic carbocycles. The molecule has 1 aliphatic carbocycles. The number of allylic oxidation sites excluding steroid dienone is 3. The highest BCUT2D eigenvalue weighted by Gasteiger charge is 2.42. The normalized spacial score (nSPS) is 19.3. The number of benzene rings is 2. The van der Waals surface area contributed by atoms with Gasteiger partial charge in [-0.05, 0) is 72.4 Å². The summed E-state index contributed by atoms with van der Waals surface area (Å²) in [6.07, 6.45) is 0.981. The second-order valence-corrected chi connectivity index (χ2v) is 10.6. The lowest BCUT2D eigenvalue weighted by molar-refractivity contribution is -0.141. The van der Waals surface area contributed by atoms with Gasteiger partial charge in [0.05, 0.1) is 37.0 Å². The minimum atomic E-state index is -0.571. The fourth-order valence-electron chi connectivity index (χ4n) is 5.22. The summed E-state index contributed by atoms with van der Waals surface area (Å²) in [6, 6.07) is 13.4. The second-order valence-electron chi connectivity index (χ2n) is 9.71. The van der Waals surface area contributed by atoms with Gasteiger partial charge in [-0.2, -0.15) is 0 Å². The van der Waals surface area contributed by atoms with Crippen LogP contribution in [0.4, 0.5) is 0 Å². The molecule has 2 aromatic rings. The number of nitrogens with one attached hydrogen (secondary N) is 1. The van der Waals surface area contributed by atoms with Gasteiger partial charge < -0.3 is 24.3 Å².